The summed E-state index contributed by atoms with van der Waals surface area (Å²) in [5.41, 5.74) is 1.61. The van der Waals surface area contributed by atoms with Crippen LogP contribution in [-0.4, -0.2) is 11.1 Å². The van der Waals surface area contributed by atoms with Gasteiger partial charge in [0.1, 0.15) is 5.82 Å². The molecule has 2 aromatic rings. The number of hydrogen-bond acceptors (Lipinski definition) is 1. The highest BCUT2D eigenvalue weighted by Crippen LogP contribution is 2.31. The molecule has 2 aromatic carbocycles. The van der Waals surface area contributed by atoms with Crippen LogP contribution in [0.2, 0.25) is 0 Å². The first-order chi connectivity index (χ1) is 8.93. The summed E-state index contributed by atoms with van der Waals surface area (Å²) in [6.45, 7) is 1.41. The number of carboxylic acid groups (broad SMARTS) is 1. The predicted molar refractivity (Wildman–Crippen MR) is 72.7 cm³/mol. The zero-order valence-corrected chi connectivity index (χ0v) is 11.0. The number of alkyl halides is 1. The van der Waals surface area contributed by atoms with Crippen molar-refractivity contribution in [2.45, 2.75) is 11.8 Å². The molecular formula is C15H12ClFO2. The Kier molecular flexibility index (Phi) is 3.58. The third kappa shape index (κ3) is 2.61. The molecule has 0 fully saturated rings. The van der Waals surface area contributed by atoms with Crippen LogP contribution in [0.3, 0.4) is 0 Å². The molecule has 98 valence electrons. The van der Waals surface area contributed by atoms with Crippen molar-refractivity contribution in [3.63, 3.8) is 0 Å². The van der Waals surface area contributed by atoms with E-state index in [0.29, 0.717) is 16.7 Å². The molecule has 0 spiro atoms. The summed E-state index contributed by atoms with van der Waals surface area (Å²) in [6.07, 6.45) is 0. The Bertz CT molecular complexity index is 606. The Morgan fingerprint density at radius 2 is 1.74 bits per heavy atom. The minimum Gasteiger partial charge on any atom is -0.480 e. The molecule has 1 unspecified atom stereocenters. The second-order valence-electron chi connectivity index (χ2n) is 4.37. The first-order valence-corrected chi connectivity index (χ1v) is 6.08. The van der Waals surface area contributed by atoms with E-state index < -0.39 is 10.8 Å². The number of hydrogen-bond donors (Lipinski definition) is 1. The second-order valence-corrected chi connectivity index (χ2v) is 5.12. The molecule has 19 heavy (non-hydrogen) atoms. The van der Waals surface area contributed by atoms with Gasteiger partial charge in [0, 0.05) is 5.56 Å². The maximum absolute atomic E-state index is 13.6. The third-order valence-corrected chi connectivity index (χ3v) is 3.39. The van der Waals surface area contributed by atoms with Crippen LogP contribution in [0.25, 0.3) is 11.1 Å². The standard InChI is InChI=1S/C15H12ClFO2/c1-15(16,14(18)19)11-8-6-10(7-9-11)12-4-2-3-5-13(12)17/h2-9H,1H3,(H,18,19). The average Bonchev–Trinajstić information content (AvgIpc) is 2.39. The molecule has 0 aliphatic rings. The van der Waals surface area contributed by atoms with Crippen molar-refractivity contribution in [3.8, 4) is 11.1 Å². The molecule has 2 rings (SSSR count). The molecule has 0 saturated carbocycles. The van der Waals surface area contributed by atoms with E-state index in [2.05, 4.69) is 0 Å². The Morgan fingerprint density at radius 1 is 1.16 bits per heavy atom. The smallest absolute Gasteiger partial charge is 0.329 e. The van der Waals surface area contributed by atoms with Gasteiger partial charge in [0.25, 0.3) is 0 Å². The van der Waals surface area contributed by atoms with E-state index >= 15 is 0 Å². The van der Waals surface area contributed by atoms with E-state index in [-0.39, 0.29) is 5.82 Å². The number of halogens is 2. The molecule has 0 radical (unpaired) electrons. The van der Waals surface area contributed by atoms with Crippen LogP contribution in [-0.2, 0) is 9.67 Å². The normalized spacial score (nSPS) is 13.8. The Morgan fingerprint density at radius 3 is 2.26 bits per heavy atom. The zero-order valence-electron chi connectivity index (χ0n) is 10.2. The molecule has 4 heteroatoms. The fraction of sp³-hybridized carbons (Fsp3) is 0.133. The minimum absolute atomic E-state index is 0.317. The van der Waals surface area contributed by atoms with Gasteiger partial charge >= 0.3 is 5.97 Å². The maximum Gasteiger partial charge on any atom is 0.329 e. The summed E-state index contributed by atoms with van der Waals surface area (Å²) >= 11 is 5.95. The lowest BCUT2D eigenvalue weighted by atomic mass is 9.97. The average molecular weight is 279 g/mol. The van der Waals surface area contributed by atoms with Gasteiger partial charge in [0.05, 0.1) is 0 Å². The Hall–Kier alpha value is -1.87. The van der Waals surface area contributed by atoms with E-state index in [4.69, 9.17) is 16.7 Å². The van der Waals surface area contributed by atoms with Gasteiger partial charge in [-0.05, 0) is 24.1 Å². The second kappa shape index (κ2) is 5.02. The van der Waals surface area contributed by atoms with Crippen LogP contribution in [0.5, 0.6) is 0 Å². The lowest BCUT2D eigenvalue weighted by Gasteiger charge is -2.17. The Labute approximate surface area is 115 Å². The van der Waals surface area contributed by atoms with Crippen LogP contribution in [0.15, 0.2) is 48.5 Å². The summed E-state index contributed by atoms with van der Waals surface area (Å²) in [6, 6.07) is 12.9. The van der Waals surface area contributed by atoms with Gasteiger partial charge in [-0.1, -0.05) is 42.5 Å². The van der Waals surface area contributed by atoms with E-state index in [9.17, 15) is 9.18 Å². The summed E-state index contributed by atoms with van der Waals surface area (Å²) < 4.78 is 13.6. The molecule has 1 atom stereocenters. The SMILES string of the molecule is CC(Cl)(C(=O)O)c1ccc(-c2ccccc2F)cc1. The first-order valence-electron chi connectivity index (χ1n) is 5.70. The van der Waals surface area contributed by atoms with Crippen molar-refractivity contribution in [2.24, 2.45) is 0 Å². The molecule has 1 N–H and O–H groups in total. The van der Waals surface area contributed by atoms with Crippen LogP contribution in [0.4, 0.5) is 4.39 Å². The highest BCUT2D eigenvalue weighted by molar-refractivity contribution is 6.33. The van der Waals surface area contributed by atoms with Crippen molar-refractivity contribution in [1.29, 1.82) is 0 Å². The molecule has 0 amide bonds. The molecule has 0 bridgehead atoms. The Balaban J connectivity index is 2.40. The molecule has 0 aromatic heterocycles. The van der Waals surface area contributed by atoms with Crippen molar-refractivity contribution in [3.05, 3.63) is 59.9 Å². The van der Waals surface area contributed by atoms with Gasteiger partial charge in [-0.3, -0.25) is 0 Å². The number of rotatable bonds is 3. The molecule has 0 saturated heterocycles. The largest absolute Gasteiger partial charge is 0.480 e. The van der Waals surface area contributed by atoms with E-state index in [0.717, 1.165) is 0 Å². The lowest BCUT2D eigenvalue weighted by molar-refractivity contribution is -0.139. The van der Waals surface area contributed by atoms with E-state index in [1.165, 1.54) is 13.0 Å². The highest BCUT2D eigenvalue weighted by atomic mass is 35.5. The number of aliphatic carboxylic acids is 1. The highest BCUT2D eigenvalue weighted by Gasteiger charge is 2.32. The monoisotopic (exact) mass is 278 g/mol. The number of benzene rings is 2. The van der Waals surface area contributed by atoms with E-state index in [1.807, 2.05) is 0 Å². The summed E-state index contributed by atoms with van der Waals surface area (Å²) in [4.78, 5) is 9.56. The fourth-order valence-electron chi connectivity index (χ4n) is 1.78. The van der Waals surface area contributed by atoms with Crippen molar-refractivity contribution >= 4 is 17.6 Å². The quantitative estimate of drug-likeness (QED) is 0.861. The number of carbonyl (C=O) groups is 1. The van der Waals surface area contributed by atoms with Crippen LogP contribution >= 0.6 is 11.6 Å². The first kappa shape index (κ1) is 13.6. The summed E-state index contributed by atoms with van der Waals surface area (Å²) in [7, 11) is 0. The van der Waals surface area contributed by atoms with Crippen molar-refractivity contribution in [1.82, 2.24) is 0 Å². The maximum atomic E-state index is 13.6. The van der Waals surface area contributed by atoms with Gasteiger partial charge in [0.15, 0.2) is 4.87 Å². The molecular weight excluding hydrogens is 267 g/mol. The minimum atomic E-state index is -1.48. The van der Waals surface area contributed by atoms with Crippen molar-refractivity contribution in [2.75, 3.05) is 0 Å². The summed E-state index contributed by atoms with van der Waals surface area (Å²) in [5, 5.41) is 9.03. The van der Waals surface area contributed by atoms with Gasteiger partial charge < -0.3 is 5.11 Å². The molecule has 0 heterocycles. The lowest BCUT2D eigenvalue weighted by Crippen LogP contribution is -2.25. The topological polar surface area (TPSA) is 37.3 Å². The molecule has 0 aliphatic heterocycles. The van der Waals surface area contributed by atoms with Crippen LogP contribution < -0.4 is 0 Å². The third-order valence-electron chi connectivity index (χ3n) is 3.01. The number of carboxylic acids is 1. The van der Waals surface area contributed by atoms with Crippen LogP contribution in [0, 0.1) is 5.82 Å². The molecule has 0 aliphatic carbocycles. The van der Waals surface area contributed by atoms with Gasteiger partial charge in [-0.15, -0.1) is 11.6 Å². The fourth-order valence-corrected chi connectivity index (χ4v) is 1.91. The van der Waals surface area contributed by atoms with Crippen LogP contribution in [0.1, 0.15) is 12.5 Å². The van der Waals surface area contributed by atoms with Crippen molar-refractivity contribution < 1.29 is 14.3 Å². The molecule has 2 nitrogen and oxygen atoms in total. The zero-order chi connectivity index (χ0) is 14.0. The van der Waals surface area contributed by atoms with Gasteiger partial charge in [-0.25, -0.2) is 9.18 Å². The van der Waals surface area contributed by atoms with Gasteiger partial charge in [0.2, 0.25) is 0 Å². The van der Waals surface area contributed by atoms with E-state index in [1.54, 1.807) is 42.5 Å². The van der Waals surface area contributed by atoms with Gasteiger partial charge in [-0.2, -0.15) is 0 Å². The summed E-state index contributed by atoms with van der Waals surface area (Å²) in [5.74, 6) is -1.44. The predicted octanol–water partition coefficient (Wildman–Crippen LogP) is 4.03.